The molecule has 1 heterocycles. The van der Waals surface area contributed by atoms with E-state index in [1.807, 2.05) is 36.1 Å². The van der Waals surface area contributed by atoms with E-state index in [4.69, 9.17) is 24.2 Å². The zero-order chi connectivity index (χ0) is 45.2. The fraction of sp³-hybridized carbons (Fsp3) is 0.473. The lowest BCUT2D eigenvalue weighted by Gasteiger charge is -2.60. The molecule has 0 spiro atoms. The maximum Gasteiger partial charge on any atom is 0.239 e. The summed E-state index contributed by atoms with van der Waals surface area (Å²) in [6.45, 7) is 7.16. The number of oxime groups is 1. The number of fused-ring (bicyclic) bond motifs is 3. The van der Waals surface area contributed by atoms with E-state index in [1.165, 1.54) is 12.8 Å². The van der Waals surface area contributed by atoms with Gasteiger partial charge in [-0.25, -0.2) is 0 Å². The van der Waals surface area contributed by atoms with Gasteiger partial charge in [0, 0.05) is 49.6 Å². The minimum absolute atomic E-state index is 0.0593. The standard InChI is InChI=1S/C55H66N2O8/c1-3-31-62-55-51(57(52(61)28-25-38-15-5-6-16-38)36-42-21-14-20-40-18-7-8-23-45(40)42)35-49(56-63-4-2)47-33-41(19-9-11-29-58)46(24-10-12-30-59)53(54(47)55)48-34-44(26-27-50(48)65-55)64-43-22-13-17-39(32-43)37-60/h3,7-8,13-14,17-18,20-23,26-27,32-34,37-38,41,46,51,53-54,58-59H,1,4-6,9-12,15-16,19,24-25,28-31,35-36H2,2H3/t41-,46+,51-,53+,54+,55+/m0/s1. The average molecular weight is 883 g/mol. The summed E-state index contributed by atoms with van der Waals surface area (Å²) in [6, 6.07) is 27.1. The Hall–Kier alpha value is -5.29. The molecule has 4 aromatic carbocycles. The Labute approximate surface area is 384 Å². The van der Waals surface area contributed by atoms with Crippen molar-refractivity contribution in [1.29, 1.82) is 0 Å². The van der Waals surface area contributed by atoms with Crippen LogP contribution in [-0.4, -0.2) is 71.3 Å². The van der Waals surface area contributed by atoms with Gasteiger partial charge >= 0.3 is 0 Å². The van der Waals surface area contributed by atoms with Crippen LogP contribution < -0.4 is 9.47 Å². The molecule has 2 fully saturated rings. The number of ether oxygens (including phenoxy) is 3. The van der Waals surface area contributed by atoms with Crippen LogP contribution in [0.3, 0.4) is 0 Å². The number of carbonyl (C=O) groups is 2. The molecule has 0 radical (unpaired) electrons. The van der Waals surface area contributed by atoms with E-state index >= 15 is 4.79 Å². The average Bonchev–Trinajstić information content (AvgIpc) is 3.86. The van der Waals surface area contributed by atoms with Gasteiger partial charge in [-0.05, 0) is 109 Å². The first-order valence-corrected chi connectivity index (χ1v) is 24.1. The number of benzene rings is 4. The lowest BCUT2D eigenvalue weighted by molar-refractivity contribution is -0.258. The van der Waals surface area contributed by atoms with Crippen LogP contribution in [0.5, 0.6) is 17.2 Å². The van der Waals surface area contributed by atoms with Crippen LogP contribution in [-0.2, 0) is 20.9 Å². The monoisotopic (exact) mass is 882 g/mol. The van der Waals surface area contributed by atoms with Crippen LogP contribution in [0, 0.1) is 23.7 Å². The number of hydrogen-bond acceptors (Lipinski definition) is 9. The molecule has 0 saturated heterocycles. The normalized spacial score (nSPS) is 24.1. The maximum absolute atomic E-state index is 15.4. The first kappa shape index (κ1) is 46.2. The van der Waals surface area contributed by atoms with Crippen molar-refractivity contribution in [2.75, 3.05) is 26.4 Å². The minimum Gasteiger partial charge on any atom is -0.459 e. The van der Waals surface area contributed by atoms with Crippen LogP contribution in [0.25, 0.3) is 10.8 Å². The lowest BCUT2D eigenvalue weighted by atomic mass is 9.55. The predicted molar refractivity (Wildman–Crippen MR) is 254 cm³/mol. The van der Waals surface area contributed by atoms with Gasteiger partial charge in [-0.3, -0.25) is 9.59 Å². The van der Waals surface area contributed by atoms with Crippen molar-refractivity contribution in [1.82, 2.24) is 4.90 Å². The SMILES string of the molecule is C=CCO[C@@]12Oc3ccc(Oc4cccc(C=O)c4)cc3[C@H]3[C@H](CCCCO)[C@@H](CCCCO)C=C(C(=NOCC)C[C@@H]1N(Cc1cccc4ccccc14)C(=O)CCC1CCCC1)[C@H]32. The number of amides is 1. The molecular formula is C55H66N2O8. The number of aldehydes is 1. The molecule has 10 nitrogen and oxygen atoms in total. The van der Waals surface area contributed by atoms with E-state index in [2.05, 4.69) is 55.1 Å². The molecule has 1 amide bonds. The minimum atomic E-state index is -1.37. The number of aliphatic hydroxyl groups is 2. The van der Waals surface area contributed by atoms with Gasteiger partial charge in [0.25, 0.3) is 0 Å². The number of nitrogens with zero attached hydrogens (tertiary/aromatic N) is 2. The van der Waals surface area contributed by atoms with Gasteiger partial charge in [0.15, 0.2) is 0 Å². The van der Waals surface area contributed by atoms with Crippen LogP contribution in [0.15, 0.2) is 114 Å². The van der Waals surface area contributed by atoms with E-state index in [1.54, 1.807) is 24.3 Å². The molecule has 0 unspecified atom stereocenters. The first-order chi connectivity index (χ1) is 31.9. The van der Waals surface area contributed by atoms with E-state index in [9.17, 15) is 15.0 Å². The number of allylic oxidation sites excluding steroid dienone is 1. The molecule has 0 aromatic heterocycles. The van der Waals surface area contributed by atoms with Gasteiger partial charge < -0.3 is 34.2 Å². The Morgan fingerprint density at radius 2 is 1.69 bits per heavy atom. The summed E-state index contributed by atoms with van der Waals surface area (Å²) in [5.74, 6) is 0.543. The quantitative estimate of drug-likeness (QED) is 0.0346. The smallest absolute Gasteiger partial charge is 0.239 e. The molecule has 8 rings (SSSR count). The highest BCUT2D eigenvalue weighted by Gasteiger charge is 2.65. The van der Waals surface area contributed by atoms with Gasteiger partial charge in [0.2, 0.25) is 11.7 Å². The van der Waals surface area contributed by atoms with Crippen LogP contribution in [0.4, 0.5) is 0 Å². The van der Waals surface area contributed by atoms with Gasteiger partial charge in [0.1, 0.15) is 36.2 Å². The van der Waals surface area contributed by atoms with Gasteiger partial charge in [-0.2, -0.15) is 0 Å². The Morgan fingerprint density at radius 3 is 2.48 bits per heavy atom. The topological polar surface area (TPSA) is 127 Å². The van der Waals surface area contributed by atoms with Crippen LogP contribution in [0.1, 0.15) is 118 Å². The van der Waals surface area contributed by atoms with Crippen molar-refractivity contribution in [2.45, 2.75) is 115 Å². The molecule has 344 valence electrons. The second-order valence-corrected chi connectivity index (χ2v) is 18.3. The summed E-state index contributed by atoms with van der Waals surface area (Å²) in [6.07, 6.45) is 15.9. The van der Waals surface area contributed by atoms with E-state index in [-0.39, 0.29) is 43.5 Å². The molecule has 2 saturated carbocycles. The van der Waals surface area contributed by atoms with Crippen molar-refractivity contribution in [3.8, 4) is 17.2 Å². The fourth-order valence-corrected chi connectivity index (χ4v) is 11.4. The second-order valence-electron chi connectivity index (χ2n) is 18.3. The Kier molecular flexibility index (Phi) is 15.5. The van der Waals surface area contributed by atoms with E-state index in [0.717, 1.165) is 84.4 Å². The number of aliphatic hydroxyl groups excluding tert-OH is 2. The highest BCUT2D eigenvalue weighted by Crippen LogP contribution is 2.62. The molecule has 10 heteroatoms. The van der Waals surface area contributed by atoms with Crippen molar-refractivity contribution >= 4 is 28.7 Å². The molecule has 4 aliphatic rings. The highest BCUT2D eigenvalue weighted by molar-refractivity contribution is 6.03. The van der Waals surface area contributed by atoms with Crippen molar-refractivity contribution < 1.29 is 38.9 Å². The molecule has 3 aliphatic carbocycles. The van der Waals surface area contributed by atoms with E-state index in [0.29, 0.717) is 67.6 Å². The number of carbonyl (C=O) groups excluding carboxylic acids is 2. The third-order valence-corrected chi connectivity index (χ3v) is 14.3. The summed E-state index contributed by atoms with van der Waals surface area (Å²) >= 11 is 0. The molecule has 65 heavy (non-hydrogen) atoms. The van der Waals surface area contributed by atoms with Gasteiger partial charge in [-0.15, -0.1) is 6.58 Å². The van der Waals surface area contributed by atoms with Gasteiger partial charge in [-0.1, -0.05) is 110 Å². The van der Waals surface area contributed by atoms with Crippen LogP contribution in [0.2, 0.25) is 0 Å². The third-order valence-electron chi connectivity index (χ3n) is 14.3. The maximum atomic E-state index is 15.4. The summed E-state index contributed by atoms with van der Waals surface area (Å²) in [4.78, 5) is 35.1. The van der Waals surface area contributed by atoms with Crippen molar-refractivity contribution in [2.24, 2.45) is 28.8 Å². The lowest BCUT2D eigenvalue weighted by Crippen LogP contribution is -2.70. The molecule has 0 bridgehead atoms. The highest BCUT2D eigenvalue weighted by atomic mass is 16.7. The van der Waals surface area contributed by atoms with Crippen LogP contribution >= 0.6 is 0 Å². The third kappa shape index (κ3) is 10.1. The van der Waals surface area contributed by atoms with E-state index < -0.39 is 17.7 Å². The summed E-state index contributed by atoms with van der Waals surface area (Å²) in [5.41, 5.74) is 4.30. The van der Waals surface area contributed by atoms with Gasteiger partial charge in [0.05, 0.1) is 18.2 Å². The zero-order valence-corrected chi connectivity index (χ0v) is 38.0. The summed E-state index contributed by atoms with van der Waals surface area (Å²) in [5, 5.41) is 27.1. The number of hydrogen-bond donors (Lipinski definition) is 2. The zero-order valence-electron chi connectivity index (χ0n) is 38.0. The summed E-state index contributed by atoms with van der Waals surface area (Å²) in [7, 11) is 0. The molecule has 4 aromatic rings. The fourth-order valence-electron chi connectivity index (χ4n) is 11.4. The summed E-state index contributed by atoms with van der Waals surface area (Å²) < 4.78 is 21.3. The molecule has 1 aliphatic heterocycles. The Balaban J connectivity index is 1.33. The van der Waals surface area contributed by atoms with Crippen molar-refractivity contribution in [3.05, 3.63) is 126 Å². The molecule has 6 atom stereocenters. The predicted octanol–water partition coefficient (Wildman–Crippen LogP) is 11.1. The molecule has 2 N–H and O–H groups in total. The number of unbranched alkanes of at least 4 members (excludes halogenated alkanes) is 2. The first-order valence-electron chi connectivity index (χ1n) is 24.1. The van der Waals surface area contributed by atoms with Crippen molar-refractivity contribution in [3.63, 3.8) is 0 Å². The largest absolute Gasteiger partial charge is 0.459 e. The number of rotatable bonds is 22. The molecular weight excluding hydrogens is 817 g/mol. The second kappa shape index (κ2) is 21.8. The Morgan fingerprint density at radius 1 is 0.923 bits per heavy atom. The Bertz CT molecular complexity index is 2330.